The standard InChI is InChI=1S/C19H21N5O3/c1-22(2)16-7-4-14(5-8-16)10-23(3)18(25)12-27-19(26)15-6-9-17-21-20-13-24(17)11-15/h4-9,11,13H,10,12H2,1-3H3. The highest BCUT2D eigenvalue weighted by Crippen LogP contribution is 2.13. The third-order valence-electron chi connectivity index (χ3n) is 4.15. The number of pyridine rings is 1. The lowest BCUT2D eigenvalue weighted by Gasteiger charge is -2.18. The average molecular weight is 367 g/mol. The van der Waals surface area contributed by atoms with E-state index in [-0.39, 0.29) is 12.5 Å². The number of hydrogen-bond donors (Lipinski definition) is 0. The molecule has 0 atom stereocenters. The van der Waals surface area contributed by atoms with Gasteiger partial charge >= 0.3 is 5.97 Å². The Bertz CT molecular complexity index is 949. The minimum Gasteiger partial charge on any atom is -0.452 e. The van der Waals surface area contributed by atoms with Crippen molar-refractivity contribution in [2.24, 2.45) is 0 Å². The first-order valence-electron chi connectivity index (χ1n) is 8.41. The molecule has 0 radical (unpaired) electrons. The van der Waals surface area contributed by atoms with Crippen LogP contribution in [-0.2, 0) is 16.1 Å². The second kappa shape index (κ2) is 7.86. The molecule has 0 aliphatic rings. The normalized spacial score (nSPS) is 10.6. The Morgan fingerprint density at radius 1 is 1.07 bits per heavy atom. The molecule has 0 bridgehead atoms. The van der Waals surface area contributed by atoms with E-state index in [4.69, 9.17) is 4.74 Å². The molecule has 1 amide bonds. The molecule has 3 rings (SSSR count). The van der Waals surface area contributed by atoms with Crippen LogP contribution in [0.4, 0.5) is 5.69 Å². The maximum atomic E-state index is 12.2. The molecule has 0 fully saturated rings. The van der Waals surface area contributed by atoms with E-state index in [0.717, 1.165) is 11.3 Å². The molecule has 0 aliphatic carbocycles. The molecule has 8 heteroatoms. The monoisotopic (exact) mass is 367 g/mol. The summed E-state index contributed by atoms with van der Waals surface area (Å²) in [6, 6.07) is 11.2. The van der Waals surface area contributed by atoms with Gasteiger partial charge in [-0.3, -0.25) is 9.20 Å². The SMILES string of the molecule is CN(Cc1ccc(N(C)C)cc1)C(=O)COC(=O)c1ccc2nncn2c1. The quantitative estimate of drug-likeness (QED) is 0.616. The van der Waals surface area contributed by atoms with Crippen LogP contribution < -0.4 is 4.90 Å². The molecule has 2 heterocycles. The second-order valence-electron chi connectivity index (χ2n) is 6.40. The Kier molecular flexibility index (Phi) is 5.35. The molecule has 0 spiro atoms. The topological polar surface area (TPSA) is 80.0 Å². The van der Waals surface area contributed by atoms with Crippen molar-refractivity contribution in [1.29, 1.82) is 0 Å². The van der Waals surface area contributed by atoms with Crippen LogP contribution in [-0.4, -0.2) is 59.1 Å². The zero-order valence-electron chi connectivity index (χ0n) is 15.5. The number of amides is 1. The van der Waals surface area contributed by atoms with Crippen molar-refractivity contribution >= 4 is 23.2 Å². The van der Waals surface area contributed by atoms with E-state index in [1.165, 1.54) is 11.2 Å². The Morgan fingerprint density at radius 2 is 1.81 bits per heavy atom. The molecule has 0 saturated heterocycles. The lowest BCUT2D eigenvalue weighted by atomic mass is 10.2. The second-order valence-corrected chi connectivity index (χ2v) is 6.40. The summed E-state index contributed by atoms with van der Waals surface area (Å²) in [7, 11) is 5.62. The molecule has 8 nitrogen and oxygen atoms in total. The highest BCUT2D eigenvalue weighted by Gasteiger charge is 2.14. The number of likely N-dealkylation sites (N-methyl/N-ethyl adjacent to an activating group) is 1. The maximum absolute atomic E-state index is 12.2. The van der Waals surface area contributed by atoms with Crippen molar-refractivity contribution in [3.05, 3.63) is 60.0 Å². The van der Waals surface area contributed by atoms with Crippen LogP contribution in [0.2, 0.25) is 0 Å². The molecule has 0 aliphatic heterocycles. The first-order valence-corrected chi connectivity index (χ1v) is 8.41. The summed E-state index contributed by atoms with van der Waals surface area (Å²) in [6.45, 7) is 0.127. The number of esters is 1. The van der Waals surface area contributed by atoms with E-state index in [2.05, 4.69) is 10.2 Å². The van der Waals surface area contributed by atoms with Gasteiger partial charge in [0.15, 0.2) is 12.3 Å². The number of rotatable bonds is 6. The molecule has 140 valence electrons. The average Bonchev–Trinajstić information content (AvgIpc) is 3.13. The molecule has 27 heavy (non-hydrogen) atoms. The molecule has 0 unspecified atom stereocenters. The Morgan fingerprint density at radius 3 is 2.52 bits per heavy atom. The summed E-state index contributed by atoms with van der Waals surface area (Å²) < 4.78 is 6.75. The highest BCUT2D eigenvalue weighted by molar-refractivity contribution is 5.91. The largest absolute Gasteiger partial charge is 0.452 e. The Balaban J connectivity index is 1.53. The van der Waals surface area contributed by atoms with E-state index in [1.54, 1.807) is 29.8 Å². The van der Waals surface area contributed by atoms with Gasteiger partial charge in [0.2, 0.25) is 0 Å². The van der Waals surface area contributed by atoms with Gasteiger partial charge in [-0.25, -0.2) is 4.79 Å². The molecular weight excluding hydrogens is 346 g/mol. The van der Waals surface area contributed by atoms with Crippen LogP contribution in [0.25, 0.3) is 5.65 Å². The van der Waals surface area contributed by atoms with Gasteiger partial charge in [0, 0.05) is 39.6 Å². The number of anilines is 1. The predicted octanol–water partition coefficient (Wildman–Crippen LogP) is 1.61. The fraction of sp³-hybridized carbons (Fsp3) is 0.263. The van der Waals surface area contributed by atoms with Gasteiger partial charge in [-0.1, -0.05) is 12.1 Å². The number of benzene rings is 1. The van der Waals surface area contributed by atoms with E-state index in [0.29, 0.717) is 17.8 Å². The number of aromatic nitrogens is 3. The van der Waals surface area contributed by atoms with Crippen LogP contribution in [0.15, 0.2) is 48.9 Å². The smallest absolute Gasteiger partial charge is 0.340 e. The third kappa shape index (κ3) is 4.41. The van der Waals surface area contributed by atoms with Crippen molar-refractivity contribution in [3.63, 3.8) is 0 Å². The number of carbonyl (C=O) groups excluding carboxylic acids is 2. The molecular formula is C19H21N5O3. The first-order chi connectivity index (χ1) is 12.9. The third-order valence-corrected chi connectivity index (χ3v) is 4.15. The first kappa shape index (κ1) is 18.4. The summed E-state index contributed by atoms with van der Waals surface area (Å²) in [5, 5.41) is 7.62. The van der Waals surface area contributed by atoms with Crippen LogP contribution in [0.3, 0.4) is 0 Å². The van der Waals surface area contributed by atoms with Gasteiger partial charge in [-0.15, -0.1) is 10.2 Å². The van der Waals surface area contributed by atoms with Crippen molar-refractivity contribution in [3.8, 4) is 0 Å². The van der Waals surface area contributed by atoms with Crippen molar-refractivity contribution in [2.75, 3.05) is 32.6 Å². The Hall–Kier alpha value is -3.42. The van der Waals surface area contributed by atoms with E-state index >= 15 is 0 Å². The van der Waals surface area contributed by atoms with Crippen molar-refractivity contribution < 1.29 is 14.3 Å². The van der Waals surface area contributed by atoms with Gasteiger partial charge in [0.25, 0.3) is 5.91 Å². The minimum atomic E-state index is -0.567. The van der Waals surface area contributed by atoms with Gasteiger partial charge in [0.1, 0.15) is 6.33 Å². The van der Waals surface area contributed by atoms with Crippen LogP contribution in [0, 0.1) is 0 Å². The van der Waals surface area contributed by atoms with Gasteiger partial charge in [0.05, 0.1) is 5.56 Å². The van der Waals surface area contributed by atoms with Crippen LogP contribution >= 0.6 is 0 Å². The van der Waals surface area contributed by atoms with Crippen LogP contribution in [0.1, 0.15) is 15.9 Å². The van der Waals surface area contributed by atoms with Crippen molar-refractivity contribution in [1.82, 2.24) is 19.5 Å². The molecule has 0 N–H and O–H groups in total. The number of hydrogen-bond acceptors (Lipinski definition) is 6. The van der Waals surface area contributed by atoms with Crippen LogP contribution in [0.5, 0.6) is 0 Å². The van der Waals surface area contributed by atoms with E-state index in [1.807, 2.05) is 43.3 Å². The molecule has 2 aromatic heterocycles. The maximum Gasteiger partial charge on any atom is 0.340 e. The number of ether oxygens (including phenoxy) is 1. The molecule has 1 aromatic carbocycles. The zero-order valence-corrected chi connectivity index (χ0v) is 15.5. The zero-order chi connectivity index (χ0) is 19.4. The summed E-state index contributed by atoms with van der Waals surface area (Å²) in [6.07, 6.45) is 3.06. The Labute approximate surface area is 157 Å². The highest BCUT2D eigenvalue weighted by atomic mass is 16.5. The summed E-state index contributed by atoms with van der Waals surface area (Å²) in [5.41, 5.74) is 3.05. The van der Waals surface area contributed by atoms with Gasteiger partial charge < -0.3 is 14.5 Å². The molecule has 3 aromatic rings. The van der Waals surface area contributed by atoms with Crippen molar-refractivity contribution in [2.45, 2.75) is 6.54 Å². The number of nitrogens with zero attached hydrogens (tertiary/aromatic N) is 5. The predicted molar refractivity (Wildman–Crippen MR) is 101 cm³/mol. The van der Waals surface area contributed by atoms with E-state index < -0.39 is 5.97 Å². The number of fused-ring (bicyclic) bond motifs is 1. The fourth-order valence-electron chi connectivity index (χ4n) is 2.53. The summed E-state index contributed by atoms with van der Waals surface area (Å²) >= 11 is 0. The lowest BCUT2D eigenvalue weighted by molar-refractivity contribution is -0.133. The lowest BCUT2D eigenvalue weighted by Crippen LogP contribution is -2.30. The number of carbonyl (C=O) groups is 2. The summed E-state index contributed by atoms with van der Waals surface area (Å²) in [5.74, 6) is -0.840. The van der Waals surface area contributed by atoms with Gasteiger partial charge in [-0.05, 0) is 29.8 Å². The minimum absolute atomic E-state index is 0.273. The van der Waals surface area contributed by atoms with E-state index in [9.17, 15) is 9.59 Å². The summed E-state index contributed by atoms with van der Waals surface area (Å²) in [4.78, 5) is 27.9. The fourth-order valence-corrected chi connectivity index (χ4v) is 2.53. The molecule has 0 saturated carbocycles. The van der Waals surface area contributed by atoms with Gasteiger partial charge in [-0.2, -0.15) is 0 Å².